The second kappa shape index (κ2) is 7.01. The van der Waals surface area contributed by atoms with Crippen molar-refractivity contribution in [1.82, 2.24) is 14.8 Å². The molecule has 0 bridgehead atoms. The van der Waals surface area contributed by atoms with Gasteiger partial charge in [0.25, 0.3) is 0 Å². The van der Waals surface area contributed by atoms with Gasteiger partial charge < -0.3 is 15.3 Å². The number of carboxylic acids is 1. The molecule has 3 fully saturated rings. The topological polar surface area (TPSA) is 108 Å². The second-order valence-electron chi connectivity index (χ2n) is 11.6. The van der Waals surface area contributed by atoms with Crippen LogP contribution in [0.15, 0.2) is 30.1 Å². The first kappa shape index (κ1) is 22.0. The van der Waals surface area contributed by atoms with Crippen LogP contribution in [0.3, 0.4) is 0 Å². The van der Waals surface area contributed by atoms with Crippen molar-refractivity contribution in [3.05, 3.63) is 47.1 Å². The molecule has 2 heterocycles. The van der Waals surface area contributed by atoms with Gasteiger partial charge in [0.05, 0.1) is 23.7 Å². The molecule has 7 heteroatoms. The number of hydrogen-bond donors (Lipinski definition) is 3. The summed E-state index contributed by atoms with van der Waals surface area (Å²) in [4.78, 5) is 16.4. The third-order valence-corrected chi connectivity index (χ3v) is 10.1. The fourth-order valence-corrected chi connectivity index (χ4v) is 8.41. The number of aliphatic hydroxyl groups is 2. The Balaban J connectivity index is 1.39. The summed E-state index contributed by atoms with van der Waals surface area (Å²) in [7, 11) is 0. The molecule has 3 saturated carbocycles. The van der Waals surface area contributed by atoms with Gasteiger partial charge in [0.2, 0.25) is 0 Å². The molecule has 3 N–H and O–H groups in total. The van der Waals surface area contributed by atoms with Crippen LogP contribution >= 0.6 is 0 Å². The zero-order chi connectivity index (χ0) is 24.0. The van der Waals surface area contributed by atoms with E-state index in [-0.39, 0.29) is 29.6 Å². The molecule has 34 heavy (non-hydrogen) atoms. The summed E-state index contributed by atoms with van der Waals surface area (Å²) in [5, 5.41) is 37.3. The molecule has 180 valence electrons. The lowest BCUT2D eigenvalue weighted by Gasteiger charge is -2.60. The van der Waals surface area contributed by atoms with Crippen LogP contribution in [0.1, 0.15) is 62.9 Å². The van der Waals surface area contributed by atoms with Crippen LogP contribution in [0.2, 0.25) is 0 Å². The zero-order valence-corrected chi connectivity index (χ0v) is 20.0. The quantitative estimate of drug-likeness (QED) is 0.629. The Kier molecular flexibility index (Phi) is 4.53. The molecule has 0 saturated heterocycles. The van der Waals surface area contributed by atoms with Gasteiger partial charge in [0.15, 0.2) is 5.60 Å². The lowest BCUT2D eigenvalue weighted by molar-refractivity contribution is -0.193. The van der Waals surface area contributed by atoms with E-state index in [1.807, 2.05) is 36.9 Å². The van der Waals surface area contributed by atoms with E-state index in [0.717, 1.165) is 36.3 Å². The third kappa shape index (κ3) is 2.68. The highest BCUT2D eigenvalue weighted by Crippen LogP contribution is 2.67. The van der Waals surface area contributed by atoms with Gasteiger partial charge in [-0.15, -0.1) is 0 Å². The van der Waals surface area contributed by atoms with E-state index in [2.05, 4.69) is 18.0 Å². The van der Waals surface area contributed by atoms with Crippen molar-refractivity contribution in [2.24, 2.45) is 28.6 Å². The molecule has 0 spiro atoms. The first-order valence-corrected chi connectivity index (χ1v) is 12.4. The number of carbonyl (C=O) groups is 1. The van der Waals surface area contributed by atoms with Crippen LogP contribution in [0.25, 0.3) is 11.8 Å². The number of allylic oxidation sites excluding steroid dienone is 1. The van der Waals surface area contributed by atoms with E-state index in [0.29, 0.717) is 12.8 Å². The van der Waals surface area contributed by atoms with Crippen LogP contribution < -0.4 is 0 Å². The van der Waals surface area contributed by atoms with Crippen molar-refractivity contribution in [3.8, 4) is 5.69 Å². The maximum Gasteiger partial charge on any atom is 0.336 e. The first-order valence-electron chi connectivity index (χ1n) is 12.4. The molecule has 2 aromatic heterocycles. The van der Waals surface area contributed by atoms with E-state index in [4.69, 9.17) is 5.10 Å². The van der Waals surface area contributed by atoms with Gasteiger partial charge >= 0.3 is 5.97 Å². The molecule has 0 radical (unpaired) electrons. The smallest absolute Gasteiger partial charge is 0.336 e. The number of aliphatic carboxylic acids is 1. The summed E-state index contributed by atoms with van der Waals surface area (Å²) in [6.45, 7) is 6.14. The zero-order valence-electron chi connectivity index (χ0n) is 20.0. The van der Waals surface area contributed by atoms with Gasteiger partial charge in [0, 0.05) is 17.3 Å². The number of aryl methyl sites for hydroxylation is 1. The van der Waals surface area contributed by atoms with Crippen LogP contribution in [0.4, 0.5) is 0 Å². The summed E-state index contributed by atoms with van der Waals surface area (Å²) in [6.07, 6.45) is 9.32. The van der Waals surface area contributed by atoms with E-state index in [1.54, 1.807) is 6.20 Å². The normalized spacial score (nSPS) is 40.6. The Labute approximate surface area is 199 Å². The van der Waals surface area contributed by atoms with Crippen LogP contribution in [0, 0.1) is 35.5 Å². The minimum Gasteiger partial charge on any atom is -0.479 e. The van der Waals surface area contributed by atoms with Gasteiger partial charge in [0.1, 0.15) is 0 Å². The predicted octanol–water partition coefficient (Wildman–Crippen LogP) is 3.54. The summed E-state index contributed by atoms with van der Waals surface area (Å²) >= 11 is 0. The van der Waals surface area contributed by atoms with Crippen molar-refractivity contribution >= 4 is 12.0 Å². The molecule has 7 atom stereocenters. The maximum atomic E-state index is 12.1. The van der Waals surface area contributed by atoms with Gasteiger partial charge in [-0.3, -0.25) is 4.98 Å². The molecule has 4 aliphatic carbocycles. The number of fused-ring (bicyclic) bond motifs is 6. The van der Waals surface area contributed by atoms with Crippen molar-refractivity contribution in [1.29, 1.82) is 0 Å². The molecule has 7 nitrogen and oxygen atoms in total. The molecule has 0 aliphatic heterocycles. The second-order valence-corrected chi connectivity index (χ2v) is 11.6. The van der Waals surface area contributed by atoms with E-state index in [9.17, 15) is 20.1 Å². The van der Waals surface area contributed by atoms with Gasteiger partial charge in [-0.2, -0.15) is 5.10 Å². The average Bonchev–Trinajstić information content (AvgIpc) is 3.29. The molecular weight excluding hydrogens is 430 g/mol. The average molecular weight is 464 g/mol. The van der Waals surface area contributed by atoms with Crippen molar-refractivity contribution < 1.29 is 20.1 Å². The third-order valence-electron chi connectivity index (χ3n) is 10.1. The van der Waals surface area contributed by atoms with E-state index in [1.165, 1.54) is 11.1 Å². The van der Waals surface area contributed by atoms with Gasteiger partial charge in [-0.05, 0) is 92.4 Å². The highest BCUT2D eigenvalue weighted by Gasteiger charge is 2.68. The van der Waals surface area contributed by atoms with Crippen molar-refractivity contribution in [3.63, 3.8) is 0 Å². The minimum absolute atomic E-state index is 0.0430. The van der Waals surface area contributed by atoms with Crippen molar-refractivity contribution in [2.75, 3.05) is 0 Å². The van der Waals surface area contributed by atoms with Crippen LogP contribution in [-0.4, -0.2) is 47.8 Å². The monoisotopic (exact) mass is 463 g/mol. The SMILES string of the molecule is Cc1cc(-n2ncc3c2C=C2CC[C@@H]4[C@H]([C@@H](O)C[C@@]5(C)[C@H]4CC[C@]5(O)C(=O)O)[C@]2(C)C3)ccn1. The molecule has 0 amide bonds. The number of aliphatic hydroxyl groups excluding tert-OH is 1. The fourth-order valence-electron chi connectivity index (χ4n) is 8.41. The fraction of sp³-hybridized carbons (Fsp3) is 0.593. The van der Waals surface area contributed by atoms with Gasteiger partial charge in [-0.1, -0.05) is 19.4 Å². The summed E-state index contributed by atoms with van der Waals surface area (Å²) < 4.78 is 1.99. The molecule has 0 aromatic carbocycles. The number of hydrogen-bond acceptors (Lipinski definition) is 5. The predicted molar refractivity (Wildman–Crippen MR) is 126 cm³/mol. The highest BCUT2D eigenvalue weighted by atomic mass is 16.4. The lowest BCUT2D eigenvalue weighted by atomic mass is 9.45. The molecule has 6 rings (SSSR count). The number of nitrogens with zero attached hydrogens (tertiary/aromatic N) is 3. The van der Waals surface area contributed by atoms with Crippen LogP contribution in [-0.2, 0) is 11.2 Å². The van der Waals surface area contributed by atoms with E-state index < -0.39 is 23.1 Å². The van der Waals surface area contributed by atoms with Gasteiger partial charge in [-0.25, -0.2) is 9.48 Å². The molecule has 4 aliphatic rings. The summed E-state index contributed by atoms with van der Waals surface area (Å²) in [5.41, 5.74) is 2.80. The maximum absolute atomic E-state index is 12.1. The summed E-state index contributed by atoms with van der Waals surface area (Å²) in [6, 6.07) is 4.00. The number of rotatable bonds is 2. The Morgan fingerprint density at radius 1 is 1.26 bits per heavy atom. The Morgan fingerprint density at radius 3 is 2.79 bits per heavy atom. The molecule has 0 unspecified atom stereocenters. The Hall–Kier alpha value is -2.51. The van der Waals surface area contributed by atoms with E-state index >= 15 is 0 Å². The lowest BCUT2D eigenvalue weighted by Crippen LogP contribution is -2.61. The van der Waals surface area contributed by atoms with Crippen molar-refractivity contribution in [2.45, 2.75) is 71.0 Å². The standard InChI is InChI=1S/C27H33N3O4/c1-15-10-18(7-9-28-15)30-21-11-17-4-5-19-20-6-8-27(34,24(32)33)26(20,3)13-22(31)23(19)25(17,2)12-16(21)14-29-30/h7,9-11,14,19-20,22-23,31,34H,4-6,8,12-13H2,1-3H3,(H,32,33)/t19-,20-,22-,23+,25+,26-,27-/m0/s1. The Morgan fingerprint density at radius 2 is 2.06 bits per heavy atom. The van der Waals surface area contributed by atoms with Crippen LogP contribution in [0.5, 0.6) is 0 Å². The largest absolute Gasteiger partial charge is 0.479 e. The Bertz CT molecular complexity index is 1220. The summed E-state index contributed by atoms with van der Waals surface area (Å²) in [5.74, 6) is -0.804. The highest BCUT2D eigenvalue weighted by molar-refractivity contribution is 5.79. The minimum atomic E-state index is -1.76. The molecule has 2 aromatic rings. The number of aromatic nitrogens is 3. The first-order chi connectivity index (χ1) is 16.1. The molecular formula is C27H33N3O4. The number of carboxylic acid groups (broad SMARTS) is 1. The number of pyridine rings is 1.